The molecule has 4 aromatic heterocycles. The van der Waals surface area contributed by atoms with Gasteiger partial charge >= 0.3 is 0 Å². The van der Waals surface area contributed by atoms with Gasteiger partial charge in [-0.25, -0.2) is 9.67 Å². The van der Waals surface area contributed by atoms with Crippen molar-refractivity contribution in [1.29, 1.82) is 0 Å². The Morgan fingerprint density at radius 3 is 2.82 bits per heavy atom. The van der Waals surface area contributed by atoms with Crippen LogP contribution >= 0.6 is 11.3 Å². The van der Waals surface area contributed by atoms with Crippen LogP contribution in [0.5, 0.6) is 0 Å². The lowest BCUT2D eigenvalue weighted by Crippen LogP contribution is -2.24. The van der Waals surface area contributed by atoms with Crippen LogP contribution in [0.25, 0.3) is 32.2 Å². The van der Waals surface area contributed by atoms with E-state index in [1.807, 2.05) is 54.1 Å². The van der Waals surface area contributed by atoms with E-state index in [0.29, 0.717) is 18.5 Å². The third-order valence-corrected chi connectivity index (χ3v) is 7.07. The van der Waals surface area contributed by atoms with Crippen molar-refractivity contribution in [1.82, 2.24) is 29.5 Å². The van der Waals surface area contributed by atoms with Crippen molar-refractivity contribution in [3.63, 3.8) is 0 Å². The Morgan fingerprint density at radius 2 is 1.94 bits per heavy atom. The predicted octanol–water partition coefficient (Wildman–Crippen LogP) is 3.35. The van der Waals surface area contributed by atoms with Gasteiger partial charge in [0.25, 0.3) is 5.56 Å². The van der Waals surface area contributed by atoms with Gasteiger partial charge < -0.3 is 9.67 Å². The second-order valence-electron chi connectivity index (χ2n) is 8.09. The Balaban J connectivity index is 1.40. The summed E-state index contributed by atoms with van der Waals surface area (Å²) in [4.78, 5) is 18.2. The van der Waals surface area contributed by atoms with Crippen molar-refractivity contribution in [3.8, 4) is 0 Å². The minimum atomic E-state index is -0.141. The molecule has 6 aromatic rings. The Morgan fingerprint density at radius 1 is 1.09 bits per heavy atom. The average molecular weight is 457 g/mol. The van der Waals surface area contributed by atoms with E-state index < -0.39 is 0 Å². The van der Waals surface area contributed by atoms with Crippen LogP contribution in [0.3, 0.4) is 0 Å². The minimum Gasteiger partial charge on any atom is -0.392 e. The fourth-order valence-electron chi connectivity index (χ4n) is 4.36. The number of nitrogens with zero attached hydrogens (tertiary/aromatic N) is 5. The van der Waals surface area contributed by atoms with Gasteiger partial charge in [-0.15, -0.1) is 11.3 Å². The summed E-state index contributed by atoms with van der Waals surface area (Å²) in [5.74, 6) is 0. The van der Waals surface area contributed by atoms with Crippen LogP contribution in [-0.4, -0.2) is 34.6 Å². The highest BCUT2D eigenvalue weighted by atomic mass is 32.1. The summed E-state index contributed by atoms with van der Waals surface area (Å²) in [5, 5.41) is 23.7. The van der Waals surface area contributed by atoms with Crippen LogP contribution in [-0.2, 0) is 26.6 Å². The summed E-state index contributed by atoms with van der Waals surface area (Å²) < 4.78 is 4.33. The molecule has 0 aliphatic heterocycles. The molecule has 0 saturated heterocycles. The molecule has 0 bridgehead atoms. The molecule has 164 valence electrons. The third-order valence-electron chi connectivity index (χ3n) is 5.99. The molecular formula is C24H20N6O2S. The average Bonchev–Trinajstić information content (AvgIpc) is 3.53. The van der Waals surface area contributed by atoms with Crippen LogP contribution in [0, 0.1) is 0 Å². The van der Waals surface area contributed by atoms with Crippen LogP contribution in [0.1, 0.15) is 21.7 Å². The highest BCUT2D eigenvalue weighted by Crippen LogP contribution is 2.32. The van der Waals surface area contributed by atoms with Crippen molar-refractivity contribution in [2.75, 3.05) is 0 Å². The smallest absolute Gasteiger partial charge is 0.291 e. The minimum absolute atomic E-state index is 0.0192. The first kappa shape index (κ1) is 19.8. The molecule has 0 spiro atoms. The summed E-state index contributed by atoms with van der Waals surface area (Å²) >= 11 is 1.58. The zero-order valence-electron chi connectivity index (χ0n) is 17.8. The summed E-state index contributed by atoms with van der Waals surface area (Å²) in [6, 6.07) is 13.8. The number of thiazole rings is 1. The highest BCUT2D eigenvalue weighted by molar-refractivity contribution is 7.19. The maximum atomic E-state index is 13.4. The van der Waals surface area contributed by atoms with E-state index in [2.05, 4.69) is 15.3 Å². The summed E-state index contributed by atoms with van der Waals surface area (Å²) in [6.07, 6.45) is 4.21. The first-order valence-electron chi connectivity index (χ1n) is 10.6. The molecule has 0 saturated carbocycles. The monoisotopic (exact) mass is 456 g/mol. The molecule has 0 aliphatic rings. The number of fused-ring (bicyclic) bond motifs is 4. The number of aliphatic hydroxyl groups excluding tert-OH is 1. The fourth-order valence-corrected chi connectivity index (χ4v) is 5.50. The summed E-state index contributed by atoms with van der Waals surface area (Å²) in [7, 11) is 1.88. The third kappa shape index (κ3) is 3.24. The van der Waals surface area contributed by atoms with E-state index >= 15 is 0 Å². The van der Waals surface area contributed by atoms with Gasteiger partial charge in [0.1, 0.15) is 10.5 Å². The molecule has 8 nitrogen and oxygen atoms in total. The number of benzene rings is 2. The molecule has 0 radical (unpaired) electrons. The Labute approximate surface area is 191 Å². The van der Waals surface area contributed by atoms with E-state index in [0.717, 1.165) is 48.3 Å². The number of aromatic nitrogens is 6. The lowest BCUT2D eigenvalue weighted by atomic mass is 10.1. The van der Waals surface area contributed by atoms with Crippen molar-refractivity contribution < 1.29 is 5.11 Å². The molecule has 6 rings (SSSR count). The van der Waals surface area contributed by atoms with Crippen molar-refractivity contribution in [2.24, 2.45) is 7.05 Å². The number of hydrogen-bond donors (Lipinski definition) is 2. The standard InChI is InChI=1S/C24H20N6O2S/c1-29-21-18(22-23(29)27-20(33-22)9-14-4-2-5-15(8-14)13-31)11-26-30(24(21)32)12-16-6-3-7-19-17(16)10-25-28-19/h2-8,10-11,31H,9,12-13H2,1H3,(H,25,28). The molecule has 2 N–H and O–H groups in total. The number of rotatable bonds is 5. The number of nitrogens with one attached hydrogen (secondary N) is 1. The molecule has 2 aromatic carbocycles. The largest absolute Gasteiger partial charge is 0.392 e. The molecule has 9 heteroatoms. The topological polar surface area (TPSA) is 102 Å². The zero-order valence-corrected chi connectivity index (χ0v) is 18.6. The van der Waals surface area contributed by atoms with Crippen molar-refractivity contribution in [2.45, 2.75) is 19.6 Å². The number of aliphatic hydroxyl groups is 1. The summed E-state index contributed by atoms with van der Waals surface area (Å²) in [5.41, 5.74) is 5.15. The molecular weight excluding hydrogens is 436 g/mol. The van der Waals surface area contributed by atoms with Gasteiger partial charge in [0.2, 0.25) is 0 Å². The van der Waals surface area contributed by atoms with E-state index in [1.165, 1.54) is 4.68 Å². The first-order chi connectivity index (χ1) is 16.1. The molecule has 4 heterocycles. The van der Waals surface area contributed by atoms with Crippen LogP contribution in [0.2, 0.25) is 0 Å². The number of H-pyrrole nitrogens is 1. The number of aryl methyl sites for hydroxylation is 1. The lowest BCUT2D eigenvalue weighted by Gasteiger charge is -2.07. The summed E-state index contributed by atoms with van der Waals surface area (Å²) in [6.45, 7) is 0.385. The van der Waals surface area contributed by atoms with E-state index in [9.17, 15) is 9.90 Å². The Hall–Kier alpha value is -3.82. The van der Waals surface area contributed by atoms with E-state index in [4.69, 9.17) is 4.98 Å². The maximum absolute atomic E-state index is 13.4. The quantitative estimate of drug-likeness (QED) is 0.414. The number of aromatic amines is 1. The lowest BCUT2D eigenvalue weighted by molar-refractivity contribution is 0.281. The number of hydrogen-bond acceptors (Lipinski definition) is 6. The fraction of sp³-hybridized carbons (Fsp3) is 0.167. The highest BCUT2D eigenvalue weighted by Gasteiger charge is 2.19. The Kier molecular flexibility index (Phi) is 4.60. The van der Waals surface area contributed by atoms with E-state index in [1.54, 1.807) is 23.7 Å². The van der Waals surface area contributed by atoms with Crippen LogP contribution in [0.4, 0.5) is 0 Å². The van der Waals surface area contributed by atoms with Gasteiger partial charge in [-0.05, 0) is 22.8 Å². The van der Waals surface area contributed by atoms with Crippen molar-refractivity contribution >= 4 is 43.5 Å². The van der Waals surface area contributed by atoms with E-state index in [-0.39, 0.29) is 12.2 Å². The predicted molar refractivity (Wildman–Crippen MR) is 129 cm³/mol. The zero-order chi connectivity index (χ0) is 22.5. The molecule has 0 fully saturated rings. The second-order valence-corrected chi connectivity index (χ2v) is 9.18. The van der Waals surface area contributed by atoms with Gasteiger partial charge in [-0.1, -0.05) is 36.4 Å². The molecule has 0 atom stereocenters. The first-order valence-corrected chi connectivity index (χ1v) is 11.4. The molecule has 0 unspecified atom stereocenters. The van der Waals surface area contributed by atoms with Gasteiger partial charge in [0.05, 0.1) is 35.8 Å². The van der Waals surface area contributed by atoms with Gasteiger partial charge in [-0.3, -0.25) is 9.89 Å². The molecule has 0 aliphatic carbocycles. The normalized spacial score (nSPS) is 11.8. The second kappa shape index (κ2) is 7.65. The van der Waals surface area contributed by atoms with Gasteiger partial charge in [0.15, 0.2) is 5.65 Å². The van der Waals surface area contributed by atoms with Crippen LogP contribution in [0.15, 0.2) is 59.7 Å². The SMILES string of the molecule is Cn1c2nc(Cc3cccc(CO)c3)sc2c2cnn(Cc3cccc4[nH]ncc34)c(=O)c21. The van der Waals surface area contributed by atoms with Crippen molar-refractivity contribution in [3.05, 3.63) is 86.9 Å². The molecule has 33 heavy (non-hydrogen) atoms. The maximum Gasteiger partial charge on any atom is 0.291 e. The van der Waals surface area contributed by atoms with Gasteiger partial charge in [-0.2, -0.15) is 10.2 Å². The molecule has 0 amide bonds. The Bertz CT molecular complexity index is 1710. The van der Waals surface area contributed by atoms with Gasteiger partial charge in [0, 0.05) is 24.2 Å². The van der Waals surface area contributed by atoms with Crippen LogP contribution < -0.4 is 5.56 Å².